The quantitative estimate of drug-likeness (QED) is 0.664. The Kier molecular flexibility index (Phi) is 6.22. The zero-order valence-electron chi connectivity index (χ0n) is 10.6. The van der Waals surface area contributed by atoms with Gasteiger partial charge in [-0.1, -0.05) is 6.92 Å². The summed E-state index contributed by atoms with van der Waals surface area (Å²) in [6.07, 6.45) is 3.96. The van der Waals surface area contributed by atoms with Gasteiger partial charge < -0.3 is 15.1 Å². The van der Waals surface area contributed by atoms with Gasteiger partial charge in [0.15, 0.2) is 0 Å². The lowest BCUT2D eigenvalue weighted by molar-refractivity contribution is 0.134. The van der Waals surface area contributed by atoms with Gasteiger partial charge >= 0.3 is 0 Å². The van der Waals surface area contributed by atoms with Crippen LogP contribution in [0.5, 0.6) is 0 Å². The monoisotopic (exact) mass is 213 g/mol. The van der Waals surface area contributed by atoms with Gasteiger partial charge in [-0.3, -0.25) is 0 Å². The maximum Gasteiger partial charge on any atom is 0.0217 e. The van der Waals surface area contributed by atoms with Crippen molar-refractivity contribution < 1.29 is 0 Å². The van der Waals surface area contributed by atoms with Gasteiger partial charge in [0, 0.05) is 25.7 Å². The minimum Gasteiger partial charge on any atom is -0.315 e. The molecular formula is C12H27N3. The molecule has 0 aromatic heterocycles. The second kappa shape index (κ2) is 7.20. The first-order valence-corrected chi connectivity index (χ1v) is 6.33. The third kappa shape index (κ3) is 4.96. The SMILES string of the molecule is CCCNCCN1CCCC(N(C)C)C1. The number of likely N-dealkylation sites (tertiary alicyclic amines) is 1. The molecule has 1 heterocycles. The van der Waals surface area contributed by atoms with E-state index in [1.54, 1.807) is 0 Å². The second-order valence-corrected chi connectivity index (χ2v) is 4.81. The molecule has 0 spiro atoms. The predicted molar refractivity (Wildman–Crippen MR) is 66.3 cm³/mol. The van der Waals surface area contributed by atoms with Crippen LogP contribution >= 0.6 is 0 Å². The maximum atomic E-state index is 3.47. The summed E-state index contributed by atoms with van der Waals surface area (Å²) >= 11 is 0. The average Bonchev–Trinajstić information content (AvgIpc) is 2.25. The Morgan fingerprint density at radius 1 is 1.33 bits per heavy atom. The molecule has 1 aliphatic heterocycles. The first-order valence-electron chi connectivity index (χ1n) is 6.33. The molecule has 3 heteroatoms. The molecule has 3 nitrogen and oxygen atoms in total. The van der Waals surface area contributed by atoms with Gasteiger partial charge in [0.1, 0.15) is 0 Å². The van der Waals surface area contributed by atoms with Crippen LogP contribution in [0.25, 0.3) is 0 Å². The van der Waals surface area contributed by atoms with E-state index in [0.717, 1.165) is 19.1 Å². The van der Waals surface area contributed by atoms with Crippen LogP contribution in [0, 0.1) is 0 Å². The van der Waals surface area contributed by atoms with Crippen LogP contribution in [0.1, 0.15) is 26.2 Å². The van der Waals surface area contributed by atoms with Crippen molar-refractivity contribution in [2.45, 2.75) is 32.2 Å². The molecular weight excluding hydrogens is 186 g/mol. The van der Waals surface area contributed by atoms with Crippen molar-refractivity contribution in [3.63, 3.8) is 0 Å². The van der Waals surface area contributed by atoms with E-state index in [9.17, 15) is 0 Å². The van der Waals surface area contributed by atoms with E-state index in [4.69, 9.17) is 0 Å². The molecule has 1 fully saturated rings. The van der Waals surface area contributed by atoms with Crippen LogP contribution in [-0.2, 0) is 0 Å². The molecule has 0 bridgehead atoms. The Morgan fingerprint density at radius 3 is 2.80 bits per heavy atom. The van der Waals surface area contributed by atoms with E-state index in [0.29, 0.717) is 0 Å². The van der Waals surface area contributed by atoms with Crippen LogP contribution in [0.3, 0.4) is 0 Å². The number of nitrogens with zero attached hydrogens (tertiary/aromatic N) is 2. The lowest BCUT2D eigenvalue weighted by Gasteiger charge is -2.36. The van der Waals surface area contributed by atoms with Crippen molar-refractivity contribution in [2.75, 3.05) is 46.8 Å². The Hall–Kier alpha value is -0.120. The standard InChI is InChI=1S/C12H27N3/c1-4-7-13-8-10-15-9-5-6-12(11-15)14(2)3/h12-13H,4-11H2,1-3H3. The summed E-state index contributed by atoms with van der Waals surface area (Å²) < 4.78 is 0. The van der Waals surface area contributed by atoms with E-state index >= 15 is 0 Å². The fourth-order valence-corrected chi connectivity index (χ4v) is 2.19. The predicted octanol–water partition coefficient (Wildman–Crippen LogP) is 1.01. The number of hydrogen-bond donors (Lipinski definition) is 1. The number of hydrogen-bond acceptors (Lipinski definition) is 3. The molecule has 1 aliphatic rings. The molecule has 1 N–H and O–H groups in total. The minimum absolute atomic E-state index is 0.768. The Bertz CT molecular complexity index is 159. The van der Waals surface area contributed by atoms with E-state index in [2.05, 4.69) is 36.1 Å². The summed E-state index contributed by atoms with van der Waals surface area (Å²) in [5.74, 6) is 0. The van der Waals surface area contributed by atoms with Gasteiger partial charge in [0.25, 0.3) is 0 Å². The summed E-state index contributed by atoms with van der Waals surface area (Å²) in [7, 11) is 4.40. The molecule has 0 aromatic carbocycles. The van der Waals surface area contributed by atoms with Crippen molar-refractivity contribution in [2.24, 2.45) is 0 Å². The van der Waals surface area contributed by atoms with Gasteiger partial charge in [0.05, 0.1) is 0 Å². The van der Waals surface area contributed by atoms with E-state index in [-0.39, 0.29) is 0 Å². The number of rotatable bonds is 6. The fraction of sp³-hybridized carbons (Fsp3) is 1.00. The van der Waals surface area contributed by atoms with E-state index < -0.39 is 0 Å². The van der Waals surface area contributed by atoms with Crippen molar-refractivity contribution >= 4 is 0 Å². The molecule has 15 heavy (non-hydrogen) atoms. The molecule has 1 atom stereocenters. The zero-order chi connectivity index (χ0) is 11.1. The molecule has 0 radical (unpaired) electrons. The first-order chi connectivity index (χ1) is 7.24. The summed E-state index contributed by atoms with van der Waals surface area (Å²) in [6.45, 7) is 8.28. The minimum atomic E-state index is 0.768. The Balaban J connectivity index is 2.13. The molecule has 0 saturated carbocycles. The van der Waals surface area contributed by atoms with Crippen LogP contribution in [0.2, 0.25) is 0 Å². The summed E-state index contributed by atoms with van der Waals surface area (Å²) in [6, 6.07) is 0.768. The van der Waals surface area contributed by atoms with Gasteiger partial charge in [-0.25, -0.2) is 0 Å². The molecule has 1 rings (SSSR count). The number of likely N-dealkylation sites (N-methyl/N-ethyl adjacent to an activating group) is 1. The van der Waals surface area contributed by atoms with Crippen molar-refractivity contribution in [3.05, 3.63) is 0 Å². The molecule has 1 unspecified atom stereocenters. The lowest BCUT2D eigenvalue weighted by atomic mass is 10.1. The van der Waals surface area contributed by atoms with Crippen LogP contribution in [-0.4, -0.2) is 62.7 Å². The smallest absolute Gasteiger partial charge is 0.0217 e. The van der Waals surface area contributed by atoms with Gasteiger partial charge in [-0.05, 0) is 46.4 Å². The van der Waals surface area contributed by atoms with E-state index in [1.807, 2.05) is 0 Å². The summed E-state index contributed by atoms with van der Waals surface area (Å²) in [4.78, 5) is 4.96. The second-order valence-electron chi connectivity index (χ2n) is 4.81. The normalized spacial score (nSPS) is 23.6. The fourth-order valence-electron chi connectivity index (χ4n) is 2.19. The Labute approximate surface area is 94.8 Å². The summed E-state index contributed by atoms with van der Waals surface area (Å²) in [5.41, 5.74) is 0. The van der Waals surface area contributed by atoms with Crippen LogP contribution in [0.15, 0.2) is 0 Å². The maximum absolute atomic E-state index is 3.47. The molecule has 0 aliphatic carbocycles. The number of piperidine rings is 1. The van der Waals surface area contributed by atoms with Crippen LogP contribution in [0.4, 0.5) is 0 Å². The third-order valence-electron chi connectivity index (χ3n) is 3.24. The molecule has 0 aromatic rings. The van der Waals surface area contributed by atoms with Crippen molar-refractivity contribution in [1.29, 1.82) is 0 Å². The Morgan fingerprint density at radius 2 is 2.13 bits per heavy atom. The molecule has 0 amide bonds. The van der Waals surface area contributed by atoms with Gasteiger partial charge in [0.2, 0.25) is 0 Å². The van der Waals surface area contributed by atoms with Crippen molar-refractivity contribution in [1.82, 2.24) is 15.1 Å². The third-order valence-corrected chi connectivity index (χ3v) is 3.24. The van der Waals surface area contributed by atoms with Gasteiger partial charge in [-0.15, -0.1) is 0 Å². The highest BCUT2D eigenvalue weighted by Gasteiger charge is 2.20. The highest BCUT2D eigenvalue weighted by molar-refractivity contribution is 4.78. The van der Waals surface area contributed by atoms with E-state index in [1.165, 1.54) is 38.9 Å². The topological polar surface area (TPSA) is 18.5 Å². The zero-order valence-corrected chi connectivity index (χ0v) is 10.6. The highest BCUT2D eigenvalue weighted by atomic mass is 15.2. The highest BCUT2D eigenvalue weighted by Crippen LogP contribution is 2.12. The largest absolute Gasteiger partial charge is 0.315 e. The van der Waals surface area contributed by atoms with Gasteiger partial charge in [-0.2, -0.15) is 0 Å². The van der Waals surface area contributed by atoms with Crippen LogP contribution < -0.4 is 5.32 Å². The molecule has 1 saturated heterocycles. The number of nitrogens with one attached hydrogen (secondary N) is 1. The van der Waals surface area contributed by atoms with Crippen molar-refractivity contribution in [3.8, 4) is 0 Å². The summed E-state index contributed by atoms with van der Waals surface area (Å²) in [5, 5.41) is 3.47. The average molecular weight is 213 g/mol. The first kappa shape index (κ1) is 12.9. The lowest BCUT2D eigenvalue weighted by Crippen LogP contribution is -2.46. The molecule has 90 valence electrons.